The third-order valence-corrected chi connectivity index (χ3v) is 7.38. The lowest BCUT2D eigenvalue weighted by Crippen LogP contribution is -2.32. The first-order valence-electron chi connectivity index (χ1n) is 11.0. The Hall–Kier alpha value is -3.39. The van der Waals surface area contributed by atoms with E-state index in [0.717, 1.165) is 25.3 Å². The SMILES string of the molecule is Cc1nccc(-c2[nH]nc3nc(N4CC[C@@H]5[C@H](C4)[C@@]5(CN)c4ccccc4)cnc23)c1F. The highest BCUT2D eigenvalue weighted by molar-refractivity contribution is 5.88. The van der Waals surface area contributed by atoms with Crippen LogP contribution in [-0.2, 0) is 5.41 Å². The Bertz CT molecular complexity index is 1300. The van der Waals surface area contributed by atoms with Gasteiger partial charge in [0.05, 0.1) is 17.6 Å². The highest BCUT2D eigenvalue weighted by Crippen LogP contribution is 2.63. The molecule has 0 amide bonds. The number of piperidine rings is 1. The molecule has 4 heterocycles. The molecule has 3 atom stereocenters. The van der Waals surface area contributed by atoms with E-state index in [4.69, 9.17) is 10.7 Å². The standard InChI is InChI=1S/C24H24FN7/c1-14-20(25)16(7-9-27-14)21-22-23(31-30-21)29-19(11-28-22)32-10-8-17-18(12-32)24(17,13-26)15-5-3-2-4-6-15/h2-7,9,11,17-18H,8,10,12-13,26H2,1H3,(H,29,30,31)/t17-,18+,24+/m1/s1. The summed E-state index contributed by atoms with van der Waals surface area (Å²) in [4.78, 5) is 15.6. The van der Waals surface area contributed by atoms with Gasteiger partial charge in [0, 0.05) is 36.8 Å². The van der Waals surface area contributed by atoms with Crippen molar-refractivity contribution in [3.63, 3.8) is 0 Å². The molecule has 3 N–H and O–H groups in total. The quantitative estimate of drug-likeness (QED) is 0.517. The number of benzene rings is 1. The summed E-state index contributed by atoms with van der Waals surface area (Å²) in [7, 11) is 0. The first kappa shape index (κ1) is 19.3. The molecule has 162 valence electrons. The maximum absolute atomic E-state index is 14.6. The van der Waals surface area contributed by atoms with E-state index in [1.165, 1.54) is 5.56 Å². The van der Waals surface area contributed by atoms with Gasteiger partial charge in [-0.15, -0.1) is 0 Å². The number of hydrogen-bond donors (Lipinski definition) is 2. The zero-order valence-electron chi connectivity index (χ0n) is 17.8. The van der Waals surface area contributed by atoms with E-state index in [0.29, 0.717) is 46.5 Å². The van der Waals surface area contributed by atoms with Crippen molar-refractivity contribution in [3.05, 3.63) is 65.9 Å². The topological polar surface area (TPSA) is 96.6 Å². The summed E-state index contributed by atoms with van der Waals surface area (Å²) in [6.07, 6.45) is 4.42. The van der Waals surface area contributed by atoms with Gasteiger partial charge in [-0.2, -0.15) is 5.10 Å². The van der Waals surface area contributed by atoms with E-state index in [9.17, 15) is 4.39 Å². The molecular weight excluding hydrogens is 405 g/mol. The summed E-state index contributed by atoms with van der Waals surface area (Å²) in [5, 5.41) is 7.22. The number of nitrogens with zero attached hydrogens (tertiary/aromatic N) is 5. The van der Waals surface area contributed by atoms with Gasteiger partial charge in [0.15, 0.2) is 5.82 Å². The zero-order valence-corrected chi connectivity index (χ0v) is 17.8. The average molecular weight is 430 g/mol. The van der Waals surface area contributed by atoms with Gasteiger partial charge in [0.2, 0.25) is 5.65 Å². The van der Waals surface area contributed by atoms with Crippen LogP contribution in [0.15, 0.2) is 48.8 Å². The summed E-state index contributed by atoms with van der Waals surface area (Å²) in [5.74, 6) is 1.53. The molecule has 4 aromatic rings. The molecule has 6 rings (SSSR count). The van der Waals surface area contributed by atoms with Gasteiger partial charge in [-0.1, -0.05) is 30.3 Å². The van der Waals surface area contributed by atoms with Crippen LogP contribution in [0.25, 0.3) is 22.4 Å². The van der Waals surface area contributed by atoms with E-state index < -0.39 is 0 Å². The van der Waals surface area contributed by atoms with Crippen molar-refractivity contribution in [3.8, 4) is 11.3 Å². The van der Waals surface area contributed by atoms with Crippen LogP contribution in [0.2, 0.25) is 0 Å². The van der Waals surface area contributed by atoms with Crippen molar-refractivity contribution in [1.29, 1.82) is 0 Å². The number of halogens is 1. The molecular formula is C24H24FN7. The minimum Gasteiger partial charge on any atom is -0.355 e. The fourth-order valence-electron chi connectivity index (χ4n) is 5.65. The lowest BCUT2D eigenvalue weighted by molar-refractivity contribution is 0.545. The zero-order chi connectivity index (χ0) is 21.9. The number of aryl methyl sites for hydroxylation is 1. The molecule has 0 bridgehead atoms. The van der Waals surface area contributed by atoms with Crippen LogP contribution in [-0.4, -0.2) is 44.8 Å². The van der Waals surface area contributed by atoms with E-state index in [1.54, 1.807) is 25.4 Å². The molecule has 1 aromatic carbocycles. The predicted molar refractivity (Wildman–Crippen MR) is 121 cm³/mol. The molecule has 1 aliphatic carbocycles. The average Bonchev–Trinajstić information content (AvgIpc) is 3.31. The third kappa shape index (κ3) is 2.69. The van der Waals surface area contributed by atoms with Crippen LogP contribution >= 0.6 is 0 Å². The number of nitrogens with two attached hydrogens (primary N) is 1. The number of fused-ring (bicyclic) bond motifs is 2. The van der Waals surface area contributed by atoms with E-state index in [1.807, 2.05) is 6.07 Å². The summed E-state index contributed by atoms with van der Waals surface area (Å²) < 4.78 is 14.6. The lowest BCUT2D eigenvalue weighted by atomic mass is 9.91. The van der Waals surface area contributed by atoms with Gasteiger partial charge in [-0.25, -0.2) is 14.4 Å². The maximum Gasteiger partial charge on any atom is 0.202 e. The van der Waals surface area contributed by atoms with Gasteiger partial charge in [-0.3, -0.25) is 10.1 Å². The van der Waals surface area contributed by atoms with E-state index >= 15 is 0 Å². The van der Waals surface area contributed by atoms with Crippen molar-refractivity contribution < 1.29 is 4.39 Å². The second-order valence-electron chi connectivity index (χ2n) is 8.82. The lowest BCUT2D eigenvalue weighted by Gasteiger charge is -2.26. The second-order valence-corrected chi connectivity index (χ2v) is 8.82. The Morgan fingerprint density at radius 1 is 1.19 bits per heavy atom. The molecule has 7 nitrogen and oxygen atoms in total. The van der Waals surface area contributed by atoms with Gasteiger partial charge < -0.3 is 10.6 Å². The van der Waals surface area contributed by atoms with Crippen LogP contribution in [0.4, 0.5) is 10.2 Å². The van der Waals surface area contributed by atoms with Gasteiger partial charge in [0.25, 0.3) is 0 Å². The van der Waals surface area contributed by atoms with Gasteiger partial charge in [-0.05, 0) is 36.8 Å². The summed E-state index contributed by atoms with van der Waals surface area (Å²) in [5.41, 5.74) is 10.0. The smallest absolute Gasteiger partial charge is 0.202 e. The molecule has 0 unspecified atom stereocenters. The maximum atomic E-state index is 14.6. The fourth-order valence-corrected chi connectivity index (χ4v) is 5.65. The molecule has 3 aromatic heterocycles. The molecule has 0 radical (unpaired) electrons. The first-order valence-corrected chi connectivity index (χ1v) is 11.0. The van der Waals surface area contributed by atoms with Crippen molar-refractivity contribution in [2.45, 2.75) is 18.8 Å². The Kier molecular flexibility index (Phi) is 4.26. The number of aromatic nitrogens is 5. The van der Waals surface area contributed by atoms with Crippen LogP contribution in [0.3, 0.4) is 0 Å². The number of hydrogen-bond acceptors (Lipinski definition) is 6. The third-order valence-electron chi connectivity index (χ3n) is 7.38. The minimum absolute atomic E-state index is 0.0593. The number of nitrogens with one attached hydrogen (secondary N) is 1. The molecule has 8 heteroatoms. The summed E-state index contributed by atoms with van der Waals surface area (Å²) in [6, 6.07) is 12.3. The first-order chi connectivity index (χ1) is 15.6. The largest absolute Gasteiger partial charge is 0.355 e. The number of rotatable bonds is 4. The van der Waals surface area contributed by atoms with Crippen molar-refractivity contribution in [1.82, 2.24) is 25.1 Å². The molecule has 2 aliphatic rings. The Labute approximate surface area is 184 Å². The van der Waals surface area contributed by atoms with E-state index in [-0.39, 0.29) is 11.2 Å². The predicted octanol–water partition coefficient (Wildman–Crippen LogP) is 3.22. The summed E-state index contributed by atoms with van der Waals surface area (Å²) in [6.45, 7) is 4.10. The molecule has 1 saturated carbocycles. The number of anilines is 1. The Morgan fingerprint density at radius 3 is 2.84 bits per heavy atom. The Balaban J connectivity index is 1.30. The number of aromatic amines is 1. The minimum atomic E-state index is -0.376. The van der Waals surface area contributed by atoms with Gasteiger partial charge in [0.1, 0.15) is 11.3 Å². The van der Waals surface area contributed by atoms with Crippen LogP contribution < -0.4 is 10.6 Å². The van der Waals surface area contributed by atoms with Gasteiger partial charge >= 0.3 is 0 Å². The van der Waals surface area contributed by atoms with Crippen molar-refractivity contribution in [2.75, 3.05) is 24.5 Å². The number of H-pyrrole nitrogens is 1. The highest BCUT2D eigenvalue weighted by atomic mass is 19.1. The normalized spacial score (nSPS) is 24.5. The molecule has 32 heavy (non-hydrogen) atoms. The number of pyridine rings is 1. The van der Waals surface area contributed by atoms with Crippen LogP contribution in [0, 0.1) is 24.6 Å². The second kappa shape index (κ2) is 7.06. The molecule has 1 saturated heterocycles. The van der Waals surface area contributed by atoms with Crippen LogP contribution in [0.1, 0.15) is 17.7 Å². The Morgan fingerprint density at radius 2 is 2.03 bits per heavy atom. The van der Waals surface area contributed by atoms with Crippen molar-refractivity contribution >= 4 is 17.0 Å². The summed E-state index contributed by atoms with van der Waals surface area (Å²) >= 11 is 0. The molecule has 2 fully saturated rings. The monoisotopic (exact) mass is 429 g/mol. The highest BCUT2D eigenvalue weighted by Gasteiger charge is 2.65. The van der Waals surface area contributed by atoms with Crippen molar-refractivity contribution in [2.24, 2.45) is 17.6 Å². The molecule has 1 aliphatic heterocycles. The van der Waals surface area contributed by atoms with E-state index in [2.05, 4.69) is 49.3 Å². The fraction of sp³-hybridized carbons (Fsp3) is 0.333. The van der Waals surface area contributed by atoms with Crippen LogP contribution in [0.5, 0.6) is 0 Å². The molecule has 0 spiro atoms.